The number of hydrogen-bond acceptors (Lipinski definition) is 5. The topological polar surface area (TPSA) is 76.0 Å². The Morgan fingerprint density at radius 2 is 2.06 bits per heavy atom. The minimum absolute atomic E-state index is 0.0295. The number of methoxy groups -OCH3 is 1. The lowest BCUT2D eigenvalue weighted by Gasteiger charge is -2.09. The van der Waals surface area contributed by atoms with Crippen LogP contribution in [0.2, 0.25) is 0 Å². The maximum atomic E-state index is 13.3. The van der Waals surface area contributed by atoms with Crippen molar-refractivity contribution in [3.63, 3.8) is 0 Å². The van der Waals surface area contributed by atoms with Gasteiger partial charge in [0, 0.05) is 6.07 Å². The van der Waals surface area contributed by atoms with E-state index in [1.54, 1.807) is 0 Å². The molecule has 2 N–H and O–H groups in total. The van der Waals surface area contributed by atoms with Crippen molar-refractivity contribution in [3.05, 3.63) is 29.1 Å². The van der Waals surface area contributed by atoms with E-state index in [0.717, 1.165) is 13.2 Å². The van der Waals surface area contributed by atoms with Crippen LogP contribution in [-0.4, -0.2) is 30.4 Å². The van der Waals surface area contributed by atoms with Gasteiger partial charge in [0.05, 0.1) is 12.7 Å². The lowest BCUT2D eigenvalue weighted by molar-refractivity contribution is 0.0598. The molecule has 0 saturated carbocycles. The molecule has 0 aliphatic rings. The van der Waals surface area contributed by atoms with Gasteiger partial charge in [0.15, 0.2) is 0 Å². The van der Waals surface area contributed by atoms with Crippen molar-refractivity contribution in [2.75, 3.05) is 7.11 Å². The summed E-state index contributed by atoms with van der Waals surface area (Å²) in [5.41, 5.74) is 0.0739. The van der Waals surface area contributed by atoms with Crippen molar-refractivity contribution in [1.82, 2.24) is 0 Å². The van der Waals surface area contributed by atoms with Crippen LogP contribution in [0.5, 0.6) is 5.75 Å². The number of rotatable bonds is 3. The number of carbonyl (C=O) groups is 1. The van der Waals surface area contributed by atoms with Crippen molar-refractivity contribution in [1.29, 1.82) is 0 Å². The molecule has 0 spiro atoms. The van der Waals surface area contributed by atoms with Gasteiger partial charge in [-0.1, -0.05) is 0 Å². The van der Waals surface area contributed by atoms with Crippen LogP contribution in [0, 0.1) is 12.7 Å². The molecule has 5 nitrogen and oxygen atoms in total. The van der Waals surface area contributed by atoms with Crippen LogP contribution in [0.15, 0.2) is 12.1 Å². The summed E-state index contributed by atoms with van der Waals surface area (Å²) in [5.74, 6) is -1.59. The Hall–Kier alpha value is -1.60. The van der Waals surface area contributed by atoms with Crippen LogP contribution in [0.1, 0.15) is 15.9 Å². The highest BCUT2D eigenvalue weighted by atomic mass is 19.1. The fourth-order valence-corrected chi connectivity index (χ4v) is 1.17. The summed E-state index contributed by atoms with van der Waals surface area (Å²) in [6, 6.07) is 2.12. The molecule has 16 heavy (non-hydrogen) atoms. The highest BCUT2D eigenvalue weighted by molar-refractivity contribution is 6.33. The number of hydrogen-bond donors (Lipinski definition) is 2. The van der Waals surface area contributed by atoms with Crippen molar-refractivity contribution >= 4 is 13.3 Å². The van der Waals surface area contributed by atoms with Crippen LogP contribution in [0.4, 0.5) is 4.39 Å². The Balaban J connectivity index is 3.16. The summed E-state index contributed by atoms with van der Waals surface area (Å²) < 4.78 is 22.2. The van der Waals surface area contributed by atoms with Gasteiger partial charge >= 0.3 is 13.3 Å². The molecule has 0 amide bonds. The lowest BCUT2D eigenvalue weighted by Crippen LogP contribution is -2.21. The molecule has 0 aromatic heterocycles. The monoisotopic (exact) mass is 228 g/mol. The predicted octanol–water partition coefficient (Wildman–Crippen LogP) is 0.269. The van der Waals surface area contributed by atoms with E-state index in [1.807, 2.05) is 0 Å². The fourth-order valence-electron chi connectivity index (χ4n) is 1.17. The van der Waals surface area contributed by atoms with Crippen molar-refractivity contribution in [2.45, 2.75) is 6.92 Å². The maximum Gasteiger partial charge on any atom is 0.707 e. The quantitative estimate of drug-likeness (QED) is 0.573. The third-order valence-corrected chi connectivity index (χ3v) is 1.96. The third-order valence-electron chi connectivity index (χ3n) is 1.96. The molecule has 86 valence electrons. The van der Waals surface area contributed by atoms with Gasteiger partial charge in [0.25, 0.3) is 0 Å². The molecule has 0 aliphatic carbocycles. The average molecular weight is 228 g/mol. The average Bonchev–Trinajstić information content (AvgIpc) is 2.21. The number of benzene rings is 1. The van der Waals surface area contributed by atoms with Gasteiger partial charge in [-0.2, -0.15) is 0 Å². The minimum atomic E-state index is -2.08. The summed E-state index contributed by atoms with van der Waals surface area (Å²) in [4.78, 5) is 11.3. The molecule has 1 aromatic carbocycles. The van der Waals surface area contributed by atoms with E-state index < -0.39 is 19.1 Å². The normalized spacial score (nSPS) is 9.81. The predicted molar refractivity (Wildman–Crippen MR) is 53.3 cm³/mol. The highest BCUT2D eigenvalue weighted by Crippen LogP contribution is 2.21. The van der Waals surface area contributed by atoms with Gasteiger partial charge < -0.3 is 19.4 Å². The number of halogens is 1. The first kappa shape index (κ1) is 12.5. The summed E-state index contributed by atoms with van der Waals surface area (Å²) >= 11 is 0. The molecule has 0 fully saturated rings. The Kier molecular flexibility index (Phi) is 3.86. The van der Waals surface area contributed by atoms with Crippen LogP contribution >= 0.6 is 0 Å². The van der Waals surface area contributed by atoms with Crippen LogP contribution in [0.3, 0.4) is 0 Å². The second-order valence-electron chi connectivity index (χ2n) is 3.01. The first-order valence-electron chi connectivity index (χ1n) is 4.37. The largest absolute Gasteiger partial charge is 0.707 e. The molecule has 0 unspecified atom stereocenters. The van der Waals surface area contributed by atoms with E-state index in [9.17, 15) is 9.18 Å². The molecule has 0 heterocycles. The molecule has 7 heteroatoms. The number of carbonyl (C=O) groups excluding carboxylic acids is 1. The van der Waals surface area contributed by atoms with Crippen molar-refractivity contribution in [3.8, 4) is 5.75 Å². The van der Waals surface area contributed by atoms with Gasteiger partial charge in [0.2, 0.25) is 0 Å². The van der Waals surface area contributed by atoms with E-state index in [1.165, 1.54) is 13.0 Å². The zero-order chi connectivity index (χ0) is 12.3. The van der Waals surface area contributed by atoms with Gasteiger partial charge in [-0.15, -0.1) is 0 Å². The molecular formula is C9H10BFO5. The molecule has 1 rings (SSSR count). The van der Waals surface area contributed by atoms with E-state index in [-0.39, 0.29) is 16.9 Å². The summed E-state index contributed by atoms with van der Waals surface area (Å²) in [7, 11) is -0.915. The lowest BCUT2D eigenvalue weighted by atomic mass is 10.1. The van der Waals surface area contributed by atoms with E-state index in [4.69, 9.17) is 10.0 Å². The maximum absolute atomic E-state index is 13.3. The molecule has 0 atom stereocenters. The van der Waals surface area contributed by atoms with Crippen LogP contribution < -0.4 is 4.65 Å². The SMILES string of the molecule is COC(=O)c1cc(OB(O)O)cc(F)c1C. The molecule has 0 bridgehead atoms. The van der Waals surface area contributed by atoms with Gasteiger partial charge in [-0.05, 0) is 18.6 Å². The Bertz CT molecular complexity index is 407. The summed E-state index contributed by atoms with van der Waals surface area (Å²) in [5, 5.41) is 17.1. The molecular weight excluding hydrogens is 218 g/mol. The molecule has 0 aliphatic heterocycles. The second kappa shape index (κ2) is 4.95. The molecule has 0 saturated heterocycles. The van der Waals surface area contributed by atoms with Gasteiger partial charge in [0.1, 0.15) is 11.6 Å². The van der Waals surface area contributed by atoms with Crippen LogP contribution in [-0.2, 0) is 4.74 Å². The summed E-state index contributed by atoms with van der Waals surface area (Å²) in [6.07, 6.45) is 0. The third kappa shape index (κ3) is 2.71. The van der Waals surface area contributed by atoms with Crippen molar-refractivity contribution < 1.29 is 28.6 Å². The van der Waals surface area contributed by atoms with E-state index in [2.05, 4.69) is 9.39 Å². The Labute approximate surface area is 91.6 Å². The van der Waals surface area contributed by atoms with Gasteiger partial charge in [-0.3, -0.25) is 0 Å². The second-order valence-corrected chi connectivity index (χ2v) is 3.01. The zero-order valence-electron chi connectivity index (χ0n) is 8.73. The number of esters is 1. The minimum Gasteiger partial charge on any atom is -0.512 e. The highest BCUT2D eigenvalue weighted by Gasteiger charge is 2.18. The fraction of sp³-hybridized carbons (Fsp3) is 0.222. The van der Waals surface area contributed by atoms with E-state index in [0.29, 0.717) is 0 Å². The molecule has 0 radical (unpaired) electrons. The Morgan fingerprint density at radius 3 is 2.56 bits per heavy atom. The molecule has 1 aromatic rings. The number of ether oxygens (including phenoxy) is 1. The summed E-state index contributed by atoms with van der Waals surface area (Å²) in [6.45, 7) is 1.40. The Morgan fingerprint density at radius 1 is 1.44 bits per heavy atom. The van der Waals surface area contributed by atoms with Crippen LogP contribution in [0.25, 0.3) is 0 Å². The smallest absolute Gasteiger partial charge is 0.512 e. The first-order chi connectivity index (χ1) is 7.45. The zero-order valence-corrected chi connectivity index (χ0v) is 8.73. The first-order valence-corrected chi connectivity index (χ1v) is 4.37. The van der Waals surface area contributed by atoms with Gasteiger partial charge in [-0.25, -0.2) is 9.18 Å². The standard InChI is InChI=1S/C9H10BFO5/c1-5-7(9(12)15-2)3-6(4-8(5)11)16-10(13)14/h3-4,13-14H,1-2H3. The van der Waals surface area contributed by atoms with Crippen molar-refractivity contribution in [2.24, 2.45) is 0 Å². The van der Waals surface area contributed by atoms with E-state index >= 15 is 0 Å².